The first-order valence-electron chi connectivity index (χ1n) is 3.04. The van der Waals surface area contributed by atoms with Crippen LogP contribution >= 0.6 is 0 Å². The maximum Gasteiger partial charge on any atom is 0.295 e. The molecule has 0 unspecified atom stereocenters. The number of halogens is 2. The molecule has 0 N–H and O–H groups in total. The zero-order valence-electron chi connectivity index (χ0n) is 5.90. The molecule has 0 bridgehead atoms. The SMILES string of the molecule is CC#Cc1ccc(C(F)F)o1. The standard InChI is InChI=1S/C8H6F2O/c1-2-3-6-4-5-7(11-6)8(9)10/h4-5,8H,1H3. The van der Waals surface area contributed by atoms with Gasteiger partial charge in [0.15, 0.2) is 11.5 Å². The van der Waals surface area contributed by atoms with Gasteiger partial charge < -0.3 is 4.42 Å². The summed E-state index contributed by atoms with van der Waals surface area (Å²) in [5.41, 5.74) is 0. The van der Waals surface area contributed by atoms with Crippen LogP contribution in [-0.2, 0) is 0 Å². The highest BCUT2D eigenvalue weighted by Gasteiger charge is 2.10. The van der Waals surface area contributed by atoms with Gasteiger partial charge in [0, 0.05) is 0 Å². The smallest absolute Gasteiger partial charge is 0.295 e. The van der Waals surface area contributed by atoms with Crippen LogP contribution in [0.25, 0.3) is 0 Å². The van der Waals surface area contributed by atoms with E-state index in [1.54, 1.807) is 6.92 Å². The van der Waals surface area contributed by atoms with Crippen LogP contribution < -0.4 is 0 Å². The monoisotopic (exact) mass is 156 g/mol. The van der Waals surface area contributed by atoms with E-state index in [1.807, 2.05) is 0 Å². The zero-order valence-corrected chi connectivity index (χ0v) is 5.90. The predicted octanol–water partition coefficient (Wildman–Crippen LogP) is 2.59. The Kier molecular flexibility index (Phi) is 2.27. The van der Waals surface area contributed by atoms with Crippen molar-refractivity contribution in [2.24, 2.45) is 0 Å². The molecule has 0 amide bonds. The fourth-order valence-electron chi connectivity index (χ4n) is 0.660. The van der Waals surface area contributed by atoms with Crippen molar-refractivity contribution in [3.05, 3.63) is 23.7 Å². The van der Waals surface area contributed by atoms with Crippen LogP contribution in [-0.4, -0.2) is 0 Å². The van der Waals surface area contributed by atoms with E-state index in [4.69, 9.17) is 0 Å². The minimum Gasteiger partial charge on any atom is -0.447 e. The Labute approximate surface area is 63.0 Å². The molecule has 0 aliphatic rings. The minimum atomic E-state index is -2.55. The zero-order chi connectivity index (χ0) is 8.27. The molecule has 1 aromatic heterocycles. The van der Waals surface area contributed by atoms with E-state index in [1.165, 1.54) is 12.1 Å². The lowest BCUT2D eigenvalue weighted by Gasteiger charge is -1.88. The minimum absolute atomic E-state index is 0.280. The first-order valence-corrected chi connectivity index (χ1v) is 3.04. The van der Waals surface area contributed by atoms with Crippen LogP contribution in [0.2, 0.25) is 0 Å². The lowest BCUT2D eigenvalue weighted by molar-refractivity contribution is 0.121. The molecule has 0 spiro atoms. The normalized spacial score (nSPS) is 9.45. The molecular formula is C8H6F2O. The summed E-state index contributed by atoms with van der Waals surface area (Å²) in [4.78, 5) is 0. The molecule has 0 aromatic carbocycles. The van der Waals surface area contributed by atoms with Gasteiger partial charge in [0.25, 0.3) is 6.43 Å². The molecule has 0 aliphatic carbocycles. The van der Waals surface area contributed by atoms with Crippen LogP contribution in [0.4, 0.5) is 8.78 Å². The summed E-state index contributed by atoms with van der Waals surface area (Å²) in [5.74, 6) is 5.03. The van der Waals surface area contributed by atoms with Gasteiger partial charge >= 0.3 is 0 Å². The van der Waals surface area contributed by atoms with Gasteiger partial charge in [-0.15, -0.1) is 0 Å². The lowest BCUT2D eigenvalue weighted by Crippen LogP contribution is -1.75. The van der Waals surface area contributed by atoms with E-state index >= 15 is 0 Å². The third-order valence-electron chi connectivity index (χ3n) is 1.09. The van der Waals surface area contributed by atoms with Crippen molar-refractivity contribution in [2.75, 3.05) is 0 Å². The van der Waals surface area contributed by atoms with Gasteiger partial charge in [-0.25, -0.2) is 8.78 Å². The van der Waals surface area contributed by atoms with Crippen LogP contribution in [0.1, 0.15) is 24.9 Å². The Morgan fingerprint density at radius 1 is 1.45 bits per heavy atom. The van der Waals surface area contributed by atoms with Gasteiger partial charge in [0.1, 0.15) is 0 Å². The van der Waals surface area contributed by atoms with Crippen LogP contribution in [0.3, 0.4) is 0 Å². The second-order valence-electron chi connectivity index (χ2n) is 1.88. The maximum absolute atomic E-state index is 11.9. The number of furan rings is 1. The summed E-state index contributed by atoms with van der Waals surface area (Å²) in [6.45, 7) is 1.62. The maximum atomic E-state index is 11.9. The molecular weight excluding hydrogens is 150 g/mol. The molecule has 58 valence electrons. The average Bonchev–Trinajstić information content (AvgIpc) is 2.37. The molecule has 11 heavy (non-hydrogen) atoms. The fraction of sp³-hybridized carbons (Fsp3) is 0.250. The third kappa shape index (κ3) is 1.81. The molecule has 1 aromatic rings. The van der Waals surface area contributed by atoms with Gasteiger partial charge in [-0.1, -0.05) is 5.92 Å². The van der Waals surface area contributed by atoms with Crippen molar-refractivity contribution < 1.29 is 13.2 Å². The van der Waals surface area contributed by atoms with Gasteiger partial charge in [-0.2, -0.15) is 0 Å². The quantitative estimate of drug-likeness (QED) is 0.569. The van der Waals surface area contributed by atoms with Crippen molar-refractivity contribution >= 4 is 0 Å². The van der Waals surface area contributed by atoms with Gasteiger partial charge in [0.2, 0.25) is 0 Å². The Balaban J connectivity index is 2.87. The van der Waals surface area contributed by atoms with Crippen molar-refractivity contribution in [3.63, 3.8) is 0 Å². The first-order chi connectivity index (χ1) is 5.24. The van der Waals surface area contributed by atoms with E-state index in [-0.39, 0.29) is 11.5 Å². The summed E-state index contributed by atoms with van der Waals surface area (Å²) in [6, 6.07) is 2.66. The molecule has 0 aliphatic heterocycles. The van der Waals surface area contributed by atoms with Gasteiger partial charge in [-0.3, -0.25) is 0 Å². The molecule has 0 radical (unpaired) electrons. The molecule has 3 heteroatoms. The van der Waals surface area contributed by atoms with Gasteiger partial charge in [-0.05, 0) is 25.0 Å². The summed E-state index contributed by atoms with van der Waals surface area (Å²) in [7, 11) is 0. The van der Waals surface area contributed by atoms with Crippen molar-refractivity contribution in [1.29, 1.82) is 0 Å². The van der Waals surface area contributed by atoms with E-state index < -0.39 is 6.43 Å². The number of rotatable bonds is 1. The Morgan fingerprint density at radius 3 is 2.64 bits per heavy atom. The summed E-state index contributed by atoms with van der Waals surface area (Å²) >= 11 is 0. The Morgan fingerprint density at radius 2 is 2.18 bits per heavy atom. The topological polar surface area (TPSA) is 13.1 Å². The fourth-order valence-corrected chi connectivity index (χ4v) is 0.660. The third-order valence-corrected chi connectivity index (χ3v) is 1.09. The highest BCUT2D eigenvalue weighted by atomic mass is 19.3. The molecule has 1 heterocycles. The highest BCUT2D eigenvalue weighted by molar-refractivity contribution is 5.25. The highest BCUT2D eigenvalue weighted by Crippen LogP contribution is 2.20. The second kappa shape index (κ2) is 3.20. The van der Waals surface area contributed by atoms with Crippen molar-refractivity contribution in [3.8, 4) is 11.8 Å². The average molecular weight is 156 g/mol. The van der Waals surface area contributed by atoms with Crippen molar-refractivity contribution in [1.82, 2.24) is 0 Å². The molecule has 1 nitrogen and oxygen atoms in total. The van der Waals surface area contributed by atoms with E-state index in [0.717, 1.165) is 0 Å². The molecule has 0 atom stereocenters. The summed E-state index contributed by atoms with van der Waals surface area (Å²) in [6.07, 6.45) is -2.55. The van der Waals surface area contributed by atoms with Crippen molar-refractivity contribution in [2.45, 2.75) is 13.3 Å². The molecule has 0 fully saturated rings. The summed E-state index contributed by atoms with van der Waals surface area (Å²) in [5, 5.41) is 0. The summed E-state index contributed by atoms with van der Waals surface area (Å²) < 4.78 is 28.4. The van der Waals surface area contributed by atoms with Crippen LogP contribution in [0, 0.1) is 11.8 Å². The molecule has 0 saturated carbocycles. The Hall–Kier alpha value is -1.30. The van der Waals surface area contributed by atoms with E-state index in [2.05, 4.69) is 16.3 Å². The number of hydrogen-bond donors (Lipinski definition) is 0. The van der Waals surface area contributed by atoms with Crippen LogP contribution in [0.5, 0.6) is 0 Å². The number of alkyl halides is 2. The predicted molar refractivity (Wildman–Crippen MR) is 36.2 cm³/mol. The van der Waals surface area contributed by atoms with Gasteiger partial charge in [0.05, 0.1) is 0 Å². The van der Waals surface area contributed by atoms with Crippen LogP contribution in [0.15, 0.2) is 16.5 Å². The van der Waals surface area contributed by atoms with E-state index in [0.29, 0.717) is 0 Å². The Bertz CT molecular complexity index is 291. The van der Waals surface area contributed by atoms with E-state index in [9.17, 15) is 8.78 Å². The first kappa shape index (κ1) is 7.80. The lowest BCUT2D eigenvalue weighted by atomic mass is 10.4. The molecule has 1 rings (SSSR count). The number of hydrogen-bond acceptors (Lipinski definition) is 1. The second-order valence-corrected chi connectivity index (χ2v) is 1.88. The largest absolute Gasteiger partial charge is 0.447 e. The molecule has 0 saturated heterocycles.